The predicted octanol–water partition coefficient (Wildman–Crippen LogP) is 0.947. The molecule has 48 heavy (non-hydrogen) atoms. The van der Waals surface area contributed by atoms with Crippen LogP contribution in [0.5, 0.6) is 11.6 Å². The van der Waals surface area contributed by atoms with Crippen molar-refractivity contribution in [3.63, 3.8) is 0 Å². The fourth-order valence-electron chi connectivity index (χ4n) is 4.40. The molecule has 254 valence electrons. The Morgan fingerprint density at radius 2 is 1.56 bits per heavy atom. The fourth-order valence-corrected chi connectivity index (χ4v) is 4.54. The second-order valence-electron chi connectivity index (χ2n) is 9.76. The summed E-state index contributed by atoms with van der Waals surface area (Å²) < 4.78 is 51.2. The molecule has 3 aromatic heterocycles. The van der Waals surface area contributed by atoms with Crippen LogP contribution in [0.4, 0.5) is 4.39 Å². The molecule has 3 aromatic rings. The largest absolute Gasteiger partial charge is 0.471 e. The summed E-state index contributed by atoms with van der Waals surface area (Å²) in [6.45, 7) is 3.53. The number of carbonyl (C=O) groups is 6. The van der Waals surface area contributed by atoms with E-state index in [1.807, 2.05) is 0 Å². The standard InChI is InChI=1S/C28H23ClFN3O15/c1-11(34)43-10-20-22(45-13(3)36)23(46-14(4)37)26(47-20)32-7-18(30)25(39)33(28(32)41)24(38)15-8-42-9-16(15)27(40)48-21-5-19(44-12(2)35)17(29)6-31-21/h5-9,20,22-23,26H,10H2,1-4H3/t20-,22-,23-,26-/m1/s1. The summed E-state index contributed by atoms with van der Waals surface area (Å²) in [5.41, 5.74) is -4.73. The third kappa shape index (κ3) is 7.64. The smallest absolute Gasteiger partial charge is 0.348 e. The molecule has 4 rings (SSSR count). The minimum Gasteiger partial charge on any atom is -0.471 e. The van der Waals surface area contributed by atoms with Crippen molar-refractivity contribution >= 4 is 47.4 Å². The average molecular weight is 696 g/mol. The topological polar surface area (TPSA) is 228 Å². The molecule has 0 amide bonds. The van der Waals surface area contributed by atoms with Gasteiger partial charge in [0, 0.05) is 33.8 Å². The SMILES string of the molecule is CC(=O)OC[C@H]1O[C@@H](n2cc(F)c(=O)n(C(=O)c3cocc3C(=O)Oc3cc(OC(C)=O)c(Cl)cn3)c2=O)[C@H](OC(C)=O)[C@@H]1OC(C)=O. The lowest BCUT2D eigenvalue weighted by Gasteiger charge is -2.24. The van der Waals surface area contributed by atoms with E-state index in [1.54, 1.807) is 0 Å². The van der Waals surface area contributed by atoms with E-state index in [-0.39, 0.29) is 15.3 Å². The molecule has 0 radical (unpaired) electrons. The van der Waals surface area contributed by atoms with Gasteiger partial charge < -0.3 is 32.8 Å². The summed E-state index contributed by atoms with van der Waals surface area (Å²) in [5, 5.41) is -0.106. The zero-order valence-electron chi connectivity index (χ0n) is 25.1. The number of hydrogen-bond acceptors (Lipinski definition) is 16. The number of aromatic nitrogens is 3. The minimum absolute atomic E-state index is 0.106. The lowest BCUT2D eigenvalue weighted by atomic mass is 10.1. The third-order valence-electron chi connectivity index (χ3n) is 6.25. The van der Waals surface area contributed by atoms with Crippen LogP contribution in [0.3, 0.4) is 0 Å². The first-order valence-corrected chi connectivity index (χ1v) is 13.8. The number of ether oxygens (including phenoxy) is 6. The molecule has 0 aliphatic carbocycles. The van der Waals surface area contributed by atoms with Gasteiger partial charge in [-0.15, -0.1) is 0 Å². The Morgan fingerprint density at radius 1 is 0.917 bits per heavy atom. The Morgan fingerprint density at radius 3 is 2.19 bits per heavy atom. The maximum absolute atomic E-state index is 15.1. The van der Waals surface area contributed by atoms with Crippen LogP contribution in [0.25, 0.3) is 0 Å². The molecule has 0 saturated carbocycles. The maximum Gasteiger partial charge on any atom is 0.348 e. The molecule has 0 aromatic carbocycles. The van der Waals surface area contributed by atoms with Gasteiger partial charge in [-0.2, -0.15) is 8.96 Å². The van der Waals surface area contributed by atoms with E-state index in [0.29, 0.717) is 17.0 Å². The molecular weight excluding hydrogens is 673 g/mol. The van der Waals surface area contributed by atoms with Gasteiger partial charge in [-0.05, 0) is 0 Å². The van der Waals surface area contributed by atoms with E-state index < -0.39 is 101 Å². The van der Waals surface area contributed by atoms with Gasteiger partial charge in [0.25, 0.3) is 11.5 Å². The normalized spacial score (nSPS) is 18.5. The van der Waals surface area contributed by atoms with Crippen molar-refractivity contribution in [3.8, 4) is 11.6 Å². The fraction of sp³-hybridized carbons (Fsp3) is 0.321. The lowest BCUT2D eigenvalue weighted by Crippen LogP contribution is -2.48. The van der Waals surface area contributed by atoms with Crippen molar-refractivity contribution in [2.45, 2.75) is 52.2 Å². The lowest BCUT2D eigenvalue weighted by molar-refractivity contribution is -0.166. The molecule has 0 spiro atoms. The van der Waals surface area contributed by atoms with Gasteiger partial charge in [0.15, 0.2) is 24.2 Å². The van der Waals surface area contributed by atoms with Gasteiger partial charge in [-0.1, -0.05) is 11.6 Å². The summed E-state index contributed by atoms with van der Waals surface area (Å²) in [5.74, 6) is -8.63. The second kappa shape index (κ2) is 14.4. The van der Waals surface area contributed by atoms with Crippen LogP contribution < -0.4 is 20.7 Å². The van der Waals surface area contributed by atoms with Crippen LogP contribution >= 0.6 is 11.6 Å². The summed E-state index contributed by atoms with van der Waals surface area (Å²) in [6, 6.07) is 0.984. The number of furan rings is 1. The monoisotopic (exact) mass is 695 g/mol. The van der Waals surface area contributed by atoms with Crippen LogP contribution in [0, 0.1) is 5.82 Å². The van der Waals surface area contributed by atoms with Crippen molar-refractivity contribution in [1.82, 2.24) is 14.1 Å². The Kier molecular flexibility index (Phi) is 10.5. The molecule has 1 aliphatic rings. The highest BCUT2D eigenvalue weighted by Gasteiger charge is 2.51. The first kappa shape index (κ1) is 35.2. The van der Waals surface area contributed by atoms with E-state index in [2.05, 4.69) is 4.98 Å². The third-order valence-corrected chi connectivity index (χ3v) is 6.53. The molecule has 4 atom stereocenters. The minimum atomic E-state index is -1.85. The molecule has 1 fully saturated rings. The van der Waals surface area contributed by atoms with Crippen molar-refractivity contribution in [1.29, 1.82) is 0 Å². The molecule has 1 saturated heterocycles. The molecule has 20 heteroatoms. The van der Waals surface area contributed by atoms with Crippen LogP contribution in [0.15, 0.2) is 45.0 Å². The van der Waals surface area contributed by atoms with Gasteiger partial charge in [-0.3, -0.25) is 33.3 Å². The number of nitrogens with zero attached hydrogens (tertiary/aromatic N) is 3. The van der Waals surface area contributed by atoms with Crippen molar-refractivity contribution in [2.24, 2.45) is 0 Å². The van der Waals surface area contributed by atoms with E-state index in [9.17, 15) is 38.4 Å². The van der Waals surface area contributed by atoms with Crippen LogP contribution in [0.2, 0.25) is 5.02 Å². The summed E-state index contributed by atoms with van der Waals surface area (Å²) in [7, 11) is 0. The van der Waals surface area contributed by atoms with E-state index >= 15 is 4.39 Å². The first-order chi connectivity index (χ1) is 22.6. The Labute approximate surface area is 271 Å². The number of halogens is 2. The van der Waals surface area contributed by atoms with E-state index in [1.165, 1.54) is 0 Å². The second-order valence-corrected chi connectivity index (χ2v) is 10.2. The first-order valence-electron chi connectivity index (χ1n) is 13.4. The highest BCUT2D eigenvalue weighted by atomic mass is 35.5. The van der Waals surface area contributed by atoms with E-state index in [4.69, 9.17) is 44.4 Å². The van der Waals surface area contributed by atoms with Crippen molar-refractivity contribution in [3.05, 3.63) is 73.8 Å². The number of rotatable bonds is 9. The molecule has 4 heterocycles. The molecule has 18 nitrogen and oxygen atoms in total. The highest BCUT2D eigenvalue weighted by molar-refractivity contribution is 6.32. The van der Waals surface area contributed by atoms with Crippen molar-refractivity contribution < 1.29 is 66.0 Å². The zero-order valence-corrected chi connectivity index (χ0v) is 25.9. The Balaban J connectivity index is 1.74. The Bertz CT molecular complexity index is 1930. The van der Waals surface area contributed by atoms with Gasteiger partial charge in [0.2, 0.25) is 11.7 Å². The molecule has 1 aliphatic heterocycles. The van der Waals surface area contributed by atoms with Crippen LogP contribution in [-0.4, -0.2) is 74.8 Å². The highest BCUT2D eigenvalue weighted by Crippen LogP contribution is 2.34. The Hall–Kier alpha value is -5.69. The molecule has 0 unspecified atom stereocenters. The zero-order chi connectivity index (χ0) is 35.4. The van der Waals surface area contributed by atoms with Crippen LogP contribution in [-0.2, 0) is 38.1 Å². The quantitative estimate of drug-likeness (QED) is 0.224. The van der Waals surface area contributed by atoms with Crippen molar-refractivity contribution in [2.75, 3.05) is 6.61 Å². The number of pyridine rings is 1. The number of carbonyl (C=O) groups excluding carboxylic acids is 6. The maximum atomic E-state index is 15.1. The van der Waals surface area contributed by atoms with Crippen LogP contribution in [0.1, 0.15) is 54.6 Å². The summed E-state index contributed by atoms with van der Waals surface area (Å²) in [4.78, 5) is 103. The van der Waals surface area contributed by atoms with Gasteiger partial charge in [0.05, 0.1) is 18.0 Å². The van der Waals surface area contributed by atoms with Gasteiger partial charge in [0.1, 0.15) is 35.8 Å². The molecule has 0 bridgehead atoms. The van der Waals surface area contributed by atoms with E-state index in [0.717, 1.165) is 46.2 Å². The predicted molar refractivity (Wildman–Crippen MR) is 151 cm³/mol. The summed E-state index contributed by atoms with van der Waals surface area (Å²) >= 11 is 5.90. The van der Waals surface area contributed by atoms with Gasteiger partial charge in [-0.25, -0.2) is 14.6 Å². The average Bonchev–Trinajstić information content (AvgIpc) is 3.60. The summed E-state index contributed by atoms with van der Waals surface area (Å²) in [6.07, 6.45) is -3.69. The number of esters is 5. The number of hydrogen-bond donors (Lipinski definition) is 0. The molecule has 0 N–H and O–H groups in total. The van der Waals surface area contributed by atoms with Gasteiger partial charge >= 0.3 is 35.5 Å². The molecular formula is C28H23ClFN3O15.